The van der Waals surface area contributed by atoms with E-state index in [2.05, 4.69) is 16.0 Å². The lowest BCUT2D eigenvalue weighted by molar-refractivity contribution is -0.124. The summed E-state index contributed by atoms with van der Waals surface area (Å²) in [6, 6.07) is 0. The quantitative estimate of drug-likeness (QED) is 0.195. The molecule has 12 heteroatoms. The third-order valence-corrected chi connectivity index (χ3v) is 4.61. The lowest BCUT2D eigenvalue weighted by Crippen LogP contribution is -2.36. The van der Waals surface area contributed by atoms with Gasteiger partial charge in [0.25, 0.3) is 0 Å². The summed E-state index contributed by atoms with van der Waals surface area (Å²) in [5.74, 6) is 0.632. The van der Waals surface area contributed by atoms with E-state index in [1.54, 1.807) is 0 Å². The van der Waals surface area contributed by atoms with Crippen LogP contribution in [-0.4, -0.2) is 93.2 Å². The minimum absolute atomic E-state index is 0.0138. The molecular formula is C15H28N4O6S2. The van der Waals surface area contributed by atoms with Crippen molar-refractivity contribution in [2.24, 2.45) is 5.73 Å². The fourth-order valence-electron chi connectivity index (χ4n) is 1.44. The van der Waals surface area contributed by atoms with Crippen molar-refractivity contribution in [3.05, 3.63) is 0 Å². The maximum Gasteiger partial charge on any atom is 0.239 e. The molecular weight excluding hydrogens is 396 g/mol. The first kappa shape index (κ1) is 25.5. The van der Waals surface area contributed by atoms with Crippen LogP contribution in [0, 0.1) is 0 Å². The number of primary amides is 1. The number of rotatable bonds is 17. The van der Waals surface area contributed by atoms with Gasteiger partial charge in [-0.05, 0) is 0 Å². The molecule has 27 heavy (non-hydrogen) atoms. The van der Waals surface area contributed by atoms with E-state index in [1.165, 1.54) is 30.6 Å². The molecule has 0 bridgehead atoms. The van der Waals surface area contributed by atoms with Gasteiger partial charge >= 0.3 is 0 Å². The standard InChI is InChI=1S/C15H28N4O6S2/c1-17-13(21)9-19-15(23)11-27-7-5-25-3-2-24-4-6-26-10-14(22)18-8-12(16)20/h2-11H2,1H3,(H2,16,20)(H,17,21)(H,18,22)(H,19,23). The monoisotopic (exact) mass is 424 g/mol. The van der Waals surface area contributed by atoms with Gasteiger partial charge in [0.2, 0.25) is 23.6 Å². The maximum absolute atomic E-state index is 11.4. The zero-order chi connectivity index (χ0) is 20.3. The first-order chi connectivity index (χ1) is 13.0. The van der Waals surface area contributed by atoms with E-state index in [0.29, 0.717) is 37.9 Å². The molecule has 156 valence electrons. The van der Waals surface area contributed by atoms with Crippen molar-refractivity contribution >= 4 is 47.2 Å². The third kappa shape index (κ3) is 19.1. The number of thioether (sulfide) groups is 2. The van der Waals surface area contributed by atoms with Crippen molar-refractivity contribution < 1.29 is 28.7 Å². The Morgan fingerprint density at radius 1 is 0.778 bits per heavy atom. The first-order valence-electron chi connectivity index (χ1n) is 8.29. The van der Waals surface area contributed by atoms with Crippen LogP contribution in [-0.2, 0) is 28.7 Å². The summed E-state index contributed by atoms with van der Waals surface area (Å²) in [6.07, 6.45) is 0. The van der Waals surface area contributed by atoms with Crippen LogP contribution in [0.3, 0.4) is 0 Å². The van der Waals surface area contributed by atoms with Crippen LogP contribution in [0.15, 0.2) is 0 Å². The van der Waals surface area contributed by atoms with E-state index in [4.69, 9.17) is 15.2 Å². The average molecular weight is 425 g/mol. The second-order valence-electron chi connectivity index (χ2n) is 5.02. The normalized spacial score (nSPS) is 10.3. The molecule has 0 aromatic carbocycles. The Hall–Kier alpha value is -1.50. The van der Waals surface area contributed by atoms with Gasteiger partial charge in [0.15, 0.2) is 0 Å². The van der Waals surface area contributed by atoms with E-state index in [-0.39, 0.29) is 42.3 Å². The molecule has 0 spiro atoms. The van der Waals surface area contributed by atoms with Crippen LogP contribution in [0.5, 0.6) is 0 Å². The minimum Gasteiger partial charge on any atom is -0.378 e. The first-order valence-corrected chi connectivity index (χ1v) is 10.6. The largest absolute Gasteiger partial charge is 0.378 e. The van der Waals surface area contributed by atoms with Crippen LogP contribution in [0.4, 0.5) is 0 Å². The smallest absolute Gasteiger partial charge is 0.239 e. The van der Waals surface area contributed by atoms with Gasteiger partial charge in [0.05, 0.1) is 51.0 Å². The zero-order valence-electron chi connectivity index (χ0n) is 15.4. The fourth-order valence-corrected chi connectivity index (χ4v) is 2.78. The highest BCUT2D eigenvalue weighted by molar-refractivity contribution is 8.00. The summed E-state index contributed by atoms with van der Waals surface area (Å²) in [5, 5.41) is 7.33. The van der Waals surface area contributed by atoms with Crippen molar-refractivity contribution in [1.82, 2.24) is 16.0 Å². The number of likely N-dealkylation sites (N-methyl/N-ethyl adjacent to an activating group) is 1. The number of nitrogens with two attached hydrogens (primary N) is 1. The summed E-state index contributed by atoms with van der Waals surface area (Å²) in [5.41, 5.74) is 4.92. The topological polar surface area (TPSA) is 149 Å². The van der Waals surface area contributed by atoms with Gasteiger partial charge in [0.1, 0.15) is 0 Å². The molecule has 0 fully saturated rings. The van der Waals surface area contributed by atoms with Gasteiger partial charge in [-0.25, -0.2) is 0 Å². The van der Waals surface area contributed by atoms with E-state index in [0.717, 1.165) is 0 Å². The van der Waals surface area contributed by atoms with E-state index >= 15 is 0 Å². The Bertz CT molecular complexity index is 468. The molecule has 0 aromatic heterocycles. The van der Waals surface area contributed by atoms with Gasteiger partial charge in [-0.2, -0.15) is 0 Å². The molecule has 0 rings (SSSR count). The van der Waals surface area contributed by atoms with Crippen molar-refractivity contribution in [3.8, 4) is 0 Å². The summed E-state index contributed by atoms with van der Waals surface area (Å²) >= 11 is 2.83. The minimum atomic E-state index is -0.570. The Labute approximate surface area is 167 Å². The van der Waals surface area contributed by atoms with Crippen molar-refractivity contribution in [2.45, 2.75) is 0 Å². The van der Waals surface area contributed by atoms with Crippen LogP contribution in [0.1, 0.15) is 0 Å². The molecule has 0 radical (unpaired) electrons. The molecule has 0 saturated heterocycles. The molecule has 0 atom stereocenters. The van der Waals surface area contributed by atoms with Crippen molar-refractivity contribution in [1.29, 1.82) is 0 Å². The number of carbonyl (C=O) groups is 4. The number of hydrogen-bond acceptors (Lipinski definition) is 8. The number of ether oxygens (including phenoxy) is 2. The maximum atomic E-state index is 11.4. The van der Waals surface area contributed by atoms with E-state index < -0.39 is 5.91 Å². The number of carbonyl (C=O) groups excluding carboxylic acids is 4. The summed E-state index contributed by atoms with van der Waals surface area (Å²) < 4.78 is 10.7. The van der Waals surface area contributed by atoms with Crippen LogP contribution in [0.25, 0.3) is 0 Å². The Balaban J connectivity index is 3.27. The van der Waals surface area contributed by atoms with Gasteiger partial charge in [-0.15, -0.1) is 23.5 Å². The number of nitrogens with one attached hydrogen (secondary N) is 3. The van der Waals surface area contributed by atoms with Gasteiger partial charge in [0, 0.05) is 18.6 Å². The highest BCUT2D eigenvalue weighted by Crippen LogP contribution is 2.00. The molecule has 0 heterocycles. The second kappa shape index (κ2) is 17.9. The summed E-state index contributed by atoms with van der Waals surface area (Å²) in [7, 11) is 1.51. The van der Waals surface area contributed by atoms with E-state index in [9.17, 15) is 19.2 Å². The number of hydrogen-bond donors (Lipinski definition) is 4. The molecule has 0 aliphatic carbocycles. The van der Waals surface area contributed by atoms with Crippen LogP contribution in [0.2, 0.25) is 0 Å². The number of amides is 4. The van der Waals surface area contributed by atoms with Crippen molar-refractivity contribution in [2.75, 3.05) is 69.6 Å². The van der Waals surface area contributed by atoms with Gasteiger partial charge < -0.3 is 31.2 Å². The molecule has 4 amide bonds. The second-order valence-corrected chi connectivity index (χ2v) is 7.23. The molecule has 0 saturated carbocycles. The molecule has 0 aliphatic rings. The SMILES string of the molecule is CNC(=O)CNC(=O)CSCCOCCOCCSCC(=O)NCC(N)=O. The zero-order valence-corrected chi connectivity index (χ0v) is 17.0. The predicted molar refractivity (Wildman–Crippen MR) is 106 cm³/mol. The summed E-state index contributed by atoms with van der Waals surface area (Å²) in [4.78, 5) is 44.1. The lowest BCUT2D eigenvalue weighted by atomic mass is 10.5. The Morgan fingerprint density at radius 3 is 1.70 bits per heavy atom. The highest BCUT2D eigenvalue weighted by atomic mass is 32.2. The molecule has 0 unspecified atom stereocenters. The third-order valence-electron chi connectivity index (χ3n) is 2.77. The van der Waals surface area contributed by atoms with Gasteiger partial charge in [-0.1, -0.05) is 0 Å². The predicted octanol–water partition coefficient (Wildman–Crippen LogP) is -2.05. The fraction of sp³-hybridized carbons (Fsp3) is 0.733. The lowest BCUT2D eigenvalue weighted by Gasteiger charge is -2.07. The molecule has 10 nitrogen and oxygen atoms in total. The Kier molecular flexibility index (Phi) is 16.9. The van der Waals surface area contributed by atoms with Gasteiger partial charge in [-0.3, -0.25) is 19.2 Å². The summed E-state index contributed by atoms with van der Waals surface area (Å²) in [6.45, 7) is 1.74. The molecule has 0 aromatic rings. The molecule has 5 N–H and O–H groups in total. The Morgan fingerprint density at radius 2 is 1.26 bits per heavy atom. The van der Waals surface area contributed by atoms with Crippen LogP contribution < -0.4 is 21.7 Å². The van der Waals surface area contributed by atoms with E-state index in [1.807, 2.05) is 0 Å². The van der Waals surface area contributed by atoms with Crippen LogP contribution >= 0.6 is 23.5 Å². The highest BCUT2D eigenvalue weighted by Gasteiger charge is 2.04. The molecule has 0 aliphatic heterocycles. The average Bonchev–Trinajstić information content (AvgIpc) is 2.65. The van der Waals surface area contributed by atoms with Crippen molar-refractivity contribution in [3.63, 3.8) is 0 Å².